The van der Waals surface area contributed by atoms with Gasteiger partial charge < -0.3 is 20.1 Å². The molecule has 3 aromatic rings. The van der Waals surface area contributed by atoms with Gasteiger partial charge in [0.15, 0.2) is 11.5 Å². The summed E-state index contributed by atoms with van der Waals surface area (Å²) < 4.78 is 11.3. The third-order valence-corrected chi connectivity index (χ3v) is 5.05. The summed E-state index contributed by atoms with van der Waals surface area (Å²) in [5, 5.41) is 6.16. The van der Waals surface area contributed by atoms with Crippen LogP contribution in [0, 0.1) is 6.92 Å². The summed E-state index contributed by atoms with van der Waals surface area (Å²) in [4.78, 5) is 24.9. The highest BCUT2D eigenvalue weighted by Gasteiger charge is 2.27. The Hall–Kier alpha value is -3.51. The van der Waals surface area contributed by atoms with Gasteiger partial charge in [-0.05, 0) is 61.0 Å². The maximum absolute atomic E-state index is 12.5. The summed E-state index contributed by atoms with van der Waals surface area (Å²) in [7, 11) is 0. The number of halogens is 1. The van der Waals surface area contributed by atoms with Crippen LogP contribution in [-0.2, 0) is 4.79 Å². The lowest BCUT2D eigenvalue weighted by Gasteiger charge is -2.25. The van der Waals surface area contributed by atoms with E-state index in [2.05, 4.69) is 10.6 Å². The monoisotopic (exact) mass is 422 g/mol. The number of hydrogen-bond donors (Lipinski definition) is 2. The molecular formula is C23H19ClN2O4. The molecule has 2 N–H and O–H groups in total. The molecule has 0 spiro atoms. The molecule has 7 heteroatoms. The lowest BCUT2D eigenvalue weighted by molar-refractivity contribution is -0.125. The fourth-order valence-electron chi connectivity index (χ4n) is 2.95. The third-order valence-electron chi connectivity index (χ3n) is 4.65. The van der Waals surface area contributed by atoms with E-state index in [1.807, 2.05) is 25.1 Å². The van der Waals surface area contributed by atoms with Crippen molar-refractivity contribution in [3.8, 4) is 11.5 Å². The molecule has 3 aromatic carbocycles. The maximum Gasteiger partial charge on any atom is 0.269 e. The molecule has 0 saturated heterocycles. The van der Waals surface area contributed by atoms with E-state index in [1.165, 1.54) is 0 Å². The quantitative estimate of drug-likeness (QED) is 0.640. The van der Waals surface area contributed by atoms with Gasteiger partial charge in [-0.2, -0.15) is 0 Å². The van der Waals surface area contributed by atoms with Gasteiger partial charge in [0.25, 0.3) is 11.8 Å². The van der Waals surface area contributed by atoms with E-state index in [4.69, 9.17) is 21.1 Å². The third kappa shape index (κ3) is 4.39. The van der Waals surface area contributed by atoms with Crippen LogP contribution in [0.2, 0.25) is 5.02 Å². The van der Waals surface area contributed by atoms with Crippen LogP contribution >= 0.6 is 11.6 Å². The van der Waals surface area contributed by atoms with Crippen LogP contribution in [0.4, 0.5) is 11.4 Å². The number of carbonyl (C=O) groups excluding carboxylic acids is 2. The van der Waals surface area contributed by atoms with E-state index in [0.717, 1.165) is 5.56 Å². The van der Waals surface area contributed by atoms with Crippen molar-refractivity contribution in [2.75, 3.05) is 17.2 Å². The number of rotatable bonds is 4. The molecule has 0 aliphatic carbocycles. The highest BCUT2D eigenvalue weighted by molar-refractivity contribution is 6.31. The van der Waals surface area contributed by atoms with Gasteiger partial charge in [0.1, 0.15) is 6.61 Å². The van der Waals surface area contributed by atoms with Crippen molar-refractivity contribution in [3.63, 3.8) is 0 Å². The standard InChI is InChI=1S/C23H19ClN2O4/c1-14-6-9-17(12-18(14)24)26-22(27)15-7-10-16(11-8-15)25-23(28)21-13-29-19-4-2-3-5-20(19)30-21/h2-12,21H,13H2,1H3,(H,25,28)(H,26,27). The van der Waals surface area contributed by atoms with Crippen molar-refractivity contribution >= 4 is 34.8 Å². The fourth-order valence-corrected chi connectivity index (χ4v) is 3.13. The molecule has 152 valence electrons. The normalized spacial score (nSPS) is 14.7. The Morgan fingerprint density at radius 1 is 0.933 bits per heavy atom. The number of ether oxygens (including phenoxy) is 2. The molecule has 1 heterocycles. The number of para-hydroxylation sites is 2. The first-order chi connectivity index (χ1) is 14.5. The Bertz CT molecular complexity index is 1100. The van der Waals surface area contributed by atoms with Crippen LogP contribution in [0.15, 0.2) is 66.7 Å². The minimum atomic E-state index is -0.755. The van der Waals surface area contributed by atoms with Gasteiger partial charge in [0.2, 0.25) is 6.10 Å². The lowest BCUT2D eigenvalue weighted by atomic mass is 10.1. The summed E-state index contributed by atoms with van der Waals surface area (Å²) in [5.74, 6) is 0.559. The van der Waals surface area contributed by atoms with Crippen LogP contribution < -0.4 is 20.1 Å². The summed E-state index contributed by atoms with van der Waals surface area (Å²) in [6, 6.07) is 19.1. The van der Waals surface area contributed by atoms with E-state index in [0.29, 0.717) is 33.5 Å². The number of fused-ring (bicyclic) bond motifs is 1. The predicted molar refractivity (Wildman–Crippen MR) is 116 cm³/mol. The molecule has 1 atom stereocenters. The molecule has 0 fully saturated rings. The van der Waals surface area contributed by atoms with Crippen molar-refractivity contribution < 1.29 is 19.1 Å². The first-order valence-corrected chi connectivity index (χ1v) is 9.74. The number of nitrogens with one attached hydrogen (secondary N) is 2. The molecule has 0 bridgehead atoms. The summed E-state index contributed by atoms with van der Waals surface area (Å²) in [5.41, 5.74) is 2.56. The Balaban J connectivity index is 1.37. The van der Waals surface area contributed by atoms with Crippen LogP contribution in [0.25, 0.3) is 0 Å². The van der Waals surface area contributed by atoms with Gasteiger partial charge in [0, 0.05) is 22.0 Å². The second-order valence-corrected chi connectivity index (χ2v) is 7.26. The van der Waals surface area contributed by atoms with E-state index in [9.17, 15) is 9.59 Å². The van der Waals surface area contributed by atoms with Crippen molar-refractivity contribution in [1.82, 2.24) is 0 Å². The average molecular weight is 423 g/mol. The molecule has 0 saturated carbocycles. The van der Waals surface area contributed by atoms with Crippen molar-refractivity contribution in [2.45, 2.75) is 13.0 Å². The van der Waals surface area contributed by atoms with Gasteiger partial charge in [-0.25, -0.2) is 0 Å². The molecular weight excluding hydrogens is 404 g/mol. The number of carbonyl (C=O) groups is 2. The molecule has 2 amide bonds. The molecule has 1 unspecified atom stereocenters. The number of hydrogen-bond acceptors (Lipinski definition) is 4. The number of benzene rings is 3. The first-order valence-electron chi connectivity index (χ1n) is 9.36. The van der Waals surface area contributed by atoms with Gasteiger partial charge in [-0.15, -0.1) is 0 Å². The largest absolute Gasteiger partial charge is 0.485 e. The summed E-state index contributed by atoms with van der Waals surface area (Å²) in [6.07, 6.45) is -0.755. The average Bonchev–Trinajstić information content (AvgIpc) is 2.76. The van der Waals surface area contributed by atoms with E-state index >= 15 is 0 Å². The zero-order valence-electron chi connectivity index (χ0n) is 16.1. The summed E-state index contributed by atoms with van der Waals surface area (Å²) in [6.45, 7) is 2.02. The number of anilines is 2. The molecule has 0 radical (unpaired) electrons. The highest BCUT2D eigenvalue weighted by atomic mass is 35.5. The lowest BCUT2D eigenvalue weighted by Crippen LogP contribution is -2.40. The van der Waals surface area contributed by atoms with E-state index in [1.54, 1.807) is 48.5 Å². The number of amides is 2. The van der Waals surface area contributed by atoms with Crippen LogP contribution in [0.3, 0.4) is 0 Å². The second kappa shape index (κ2) is 8.47. The highest BCUT2D eigenvalue weighted by Crippen LogP contribution is 2.31. The minimum Gasteiger partial charge on any atom is -0.485 e. The SMILES string of the molecule is Cc1ccc(NC(=O)c2ccc(NC(=O)C3COc4ccccc4O3)cc2)cc1Cl. The second-order valence-electron chi connectivity index (χ2n) is 6.85. The predicted octanol–water partition coefficient (Wildman–Crippen LogP) is 4.68. The Labute approximate surface area is 178 Å². The maximum atomic E-state index is 12.5. The molecule has 0 aromatic heterocycles. The smallest absolute Gasteiger partial charge is 0.269 e. The zero-order chi connectivity index (χ0) is 21.1. The first kappa shape index (κ1) is 19.8. The molecule has 1 aliphatic rings. The van der Waals surface area contributed by atoms with E-state index in [-0.39, 0.29) is 18.4 Å². The Morgan fingerprint density at radius 3 is 2.37 bits per heavy atom. The van der Waals surface area contributed by atoms with E-state index < -0.39 is 6.10 Å². The fraction of sp³-hybridized carbons (Fsp3) is 0.130. The van der Waals surface area contributed by atoms with Gasteiger partial charge in [-0.1, -0.05) is 29.8 Å². The number of aryl methyl sites for hydroxylation is 1. The minimum absolute atomic E-state index is 0.127. The topological polar surface area (TPSA) is 76.7 Å². The van der Waals surface area contributed by atoms with Crippen molar-refractivity contribution in [1.29, 1.82) is 0 Å². The molecule has 30 heavy (non-hydrogen) atoms. The van der Waals surface area contributed by atoms with Crippen molar-refractivity contribution in [2.24, 2.45) is 0 Å². The van der Waals surface area contributed by atoms with Crippen molar-refractivity contribution in [3.05, 3.63) is 82.9 Å². The van der Waals surface area contributed by atoms with Gasteiger partial charge in [-0.3, -0.25) is 9.59 Å². The van der Waals surface area contributed by atoms with Crippen LogP contribution in [-0.4, -0.2) is 24.5 Å². The molecule has 4 rings (SSSR count). The van der Waals surface area contributed by atoms with Crippen LogP contribution in [0.5, 0.6) is 11.5 Å². The van der Waals surface area contributed by atoms with Gasteiger partial charge in [0.05, 0.1) is 0 Å². The Morgan fingerprint density at radius 2 is 1.63 bits per heavy atom. The zero-order valence-corrected chi connectivity index (χ0v) is 16.9. The summed E-state index contributed by atoms with van der Waals surface area (Å²) >= 11 is 6.09. The molecule has 1 aliphatic heterocycles. The Kier molecular flexibility index (Phi) is 5.59. The molecule has 6 nitrogen and oxygen atoms in total. The van der Waals surface area contributed by atoms with Gasteiger partial charge >= 0.3 is 0 Å². The van der Waals surface area contributed by atoms with Crippen LogP contribution in [0.1, 0.15) is 15.9 Å².